The highest BCUT2D eigenvalue weighted by atomic mass is 32.3. The van der Waals surface area contributed by atoms with Crippen LogP contribution >= 0.6 is 0 Å². The largest absolute Gasteiger partial charge is 0.726 e. The number of hydrogen-bond donors (Lipinski definition) is 5. The lowest BCUT2D eigenvalue weighted by atomic mass is 10.1. The van der Waals surface area contributed by atoms with Crippen molar-refractivity contribution in [3.63, 3.8) is 0 Å². The SMILES string of the molecule is CCCCCCCCCCCCOCC(O)C[N+](C)(CCO)CCC[N+](C)(CCO)CCC[N+](C)(CCO)CCO.COS(=O)(=O)[O-].COS(=O)(=O)[O-].COS(=O)(=O)[O-]. The highest BCUT2D eigenvalue weighted by Crippen LogP contribution is 2.14. The van der Waals surface area contributed by atoms with Crippen molar-refractivity contribution in [1.29, 1.82) is 0 Å². The van der Waals surface area contributed by atoms with Gasteiger partial charge in [-0.3, -0.25) is 12.5 Å². The van der Waals surface area contributed by atoms with Crippen LogP contribution in [-0.4, -0.2) is 225 Å². The molecule has 3 unspecified atom stereocenters. The maximum atomic E-state index is 10.7. The van der Waals surface area contributed by atoms with Gasteiger partial charge in [-0.15, -0.1) is 0 Å². The van der Waals surface area contributed by atoms with E-state index in [2.05, 4.69) is 40.6 Å². The monoisotopic (exact) mass is 927 g/mol. The first-order chi connectivity index (χ1) is 27.3. The summed E-state index contributed by atoms with van der Waals surface area (Å²) in [4.78, 5) is 0. The number of likely N-dealkylation sites (N-methyl/N-ethyl adjacent to an activating group) is 3. The lowest BCUT2D eigenvalue weighted by Crippen LogP contribution is -2.55. The van der Waals surface area contributed by atoms with Crippen LogP contribution in [0.5, 0.6) is 0 Å². The van der Waals surface area contributed by atoms with Crippen LogP contribution in [0.2, 0.25) is 0 Å². The Kier molecular flexibility index (Phi) is 41.5. The number of aliphatic hydroxyl groups is 5. The minimum absolute atomic E-state index is 0.0810. The molecule has 0 heterocycles. The molecule has 59 heavy (non-hydrogen) atoms. The molecule has 0 rings (SSSR count). The summed E-state index contributed by atoms with van der Waals surface area (Å²) >= 11 is 0. The van der Waals surface area contributed by atoms with Crippen molar-refractivity contribution in [3.8, 4) is 0 Å². The number of aliphatic hydroxyl groups excluding tert-OH is 5. The highest BCUT2D eigenvalue weighted by molar-refractivity contribution is 7.81. The summed E-state index contributed by atoms with van der Waals surface area (Å²) < 4.78 is 101. The van der Waals surface area contributed by atoms with Gasteiger partial charge in [-0.1, -0.05) is 64.7 Å². The molecule has 0 aliphatic heterocycles. The van der Waals surface area contributed by atoms with Crippen molar-refractivity contribution < 1.29 is 95.2 Å². The van der Waals surface area contributed by atoms with Crippen LogP contribution in [0, 0.1) is 0 Å². The summed E-state index contributed by atoms with van der Waals surface area (Å²) in [5.74, 6) is 0. The maximum absolute atomic E-state index is 10.7. The Labute approximate surface area is 356 Å². The lowest BCUT2D eigenvalue weighted by molar-refractivity contribution is -0.936. The van der Waals surface area contributed by atoms with Crippen molar-refractivity contribution in [1.82, 2.24) is 0 Å². The van der Waals surface area contributed by atoms with E-state index in [-0.39, 0.29) is 26.4 Å². The van der Waals surface area contributed by atoms with Gasteiger partial charge in [-0.2, -0.15) is 0 Å². The van der Waals surface area contributed by atoms with E-state index in [0.29, 0.717) is 54.9 Å². The number of quaternary nitrogens is 3. The molecule has 0 bridgehead atoms. The summed E-state index contributed by atoms with van der Waals surface area (Å²) in [5.41, 5.74) is 0. The third-order valence-corrected chi connectivity index (χ3v) is 10.8. The Morgan fingerprint density at radius 2 is 0.746 bits per heavy atom. The molecule has 5 N–H and O–H groups in total. The summed E-state index contributed by atoms with van der Waals surface area (Å²) in [6.07, 6.45) is 14.3. The van der Waals surface area contributed by atoms with Gasteiger partial charge in [0.05, 0.1) is 102 Å². The predicted octanol–water partition coefficient (Wildman–Crippen LogP) is -0.347. The zero-order chi connectivity index (χ0) is 46.5. The minimum Gasteiger partial charge on any atom is -0.726 e. The van der Waals surface area contributed by atoms with Gasteiger partial charge in [0, 0.05) is 19.4 Å². The summed E-state index contributed by atoms with van der Waals surface area (Å²) in [5, 5.41) is 49.0. The Bertz CT molecular complexity index is 1200. The number of rotatable bonds is 34. The Balaban J connectivity index is -0.000000689. The molecule has 3 atom stereocenters. The van der Waals surface area contributed by atoms with Crippen molar-refractivity contribution in [2.45, 2.75) is 90.1 Å². The van der Waals surface area contributed by atoms with Crippen LogP contribution in [0.1, 0.15) is 84.0 Å². The molecule has 21 nitrogen and oxygen atoms in total. The third-order valence-electron chi connectivity index (χ3n) is 9.57. The summed E-state index contributed by atoms with van der Waals surface area (Å²) in [6.45, 7) is 10.4. The molecule has 0 spiro atoms. The second-order valence-corrected chi connectivity index (χ2v) is 18.5. The van der Waals surface area contributed by atoms with Crippen LogP contribution in [0.4, 0.5) is 0 Å². The number of ether oxygens (including phenoxy) is 1. The molecular weight excluding hydrogens is 847 g/mol. The first kappa shape index (κ1) is 64.9. The molecule has 0 aliphatic rings. The van der Waals surface area contributed by atoms with Crippen molar-refractivity contribution in [2.24, 2.45) is 0 Å². The second-order valence-electron chi connectivity index (χ2n) is 15.1. The van der Waals surface area contributed by atoms with Gasteiger partial charge in [0.1, 0.15) is 38.8 Å². The van der Waals surface area contributed by atoms with E-state index in [9.17, 15) is 64.4 Å². The Hall–Kier alpha value is -0.750. The zero-order valence-electron chi connectivity index (χ0n) is 36.8. The van der Waals surface area contributed by atoms with Crippen LogP contribution < -0.4 is 0 Å². The van der Waals surface area contributed by atoms with Crippen LogP contribution in [0.15, 0.2) is 0 Å². The molecule has 0 aromatic rings. The second kappa shape index (κ2) is 37.8. The van der Waals surface area contributed by atoms with Gasteiger partial charge in [-0.25, -0.2) is 25.3 Å². The van der Waals surface area contributed by atoms with E-state index >= 15 is 0 Å². The predicted molar refractivity (Wildman–Crippen MR) is 219 cm³/mol. The van der Waals surface area contributed by atoms with Crippen molar-refractivity contribution >= 4 is 31.2 Å². The number of unbranched alkanes of at least 4 members (excludes halogenated alkanes) is 9. The third kappa shape index (κ3) is 49.8. The highest BCUT2D eigenvalue weighted by Gasteiger charge is 2.29. The molecule has 0 aliphatic carbocycles. The van der Waals surface area contributed by atoms with Crippen LogP contribution in [-0.2, 0) is 48.5 Å². The summed E-state index contributed by atoms with van der Waals surface area (Å²) in [7, 11) is -4.45. The lowest BCUT2D eigenvalue weighted by Gasteiger charge is -2.39. The van der Waals surface area contributed by atoms with E-state index < -0.39 is 37.3 Å². The first-order valence-corrected chi connectivity index (χ1v) is 24.0. The molecule has 24 heteroatoms. The number of hydrogen-bond acceptors (Lipinski definition) is 18. The van der Waals surface area contributed by atoms with Crippen LogP contribution in [0.3, 0.4) is 0 Å². The average molecular weight is 928 g/mol. The smallest absolute Gasteiger partial charge is 0.217 e. The fourth-order valence-corrected chi connectivity index (χ4v) is 6.07. The molecule has 0 amide bonds. The van der Waals surface area contributed by atoms with Crippen molar-refractivity contribution in [2.75, 3.05) is 141 Å². The normalized spacial score (nSPS) is 14.7. The van der Waals surface area contributed by atoms with Gasteiger partial charge in [0.25, 0.3) is 0 Å². The number of nitrogens with zero attached hydrogens (tertiary/aromatic N) is 3. The van der Waals surface area contributed by atoms with E-state index in [1.165, 1.54) is 57.8 Å². The quantitative estimate of drug-likeness (QED) is 0.0238. The zero-order valence-corrected chi connectivity index (χ0v) is 39.2. The van der Waals surface area contributed by atoms with Gasteiger partial charge in [0.15, 0.2) is 0 Å². The molecule has 0 saturated carbocycles. The van der Waals surface area contributed by atoms with Gasteiger partial charge >= 0.3 is 0 Å². The van der Waals surface area contributed by atoms with E-state index in [1.807, 2.05) is 0 Å². The molecule has 0 radical (unpaired) electrons. The Morgan fingerprint density at radius 3 is 1.05 bits per heavy atom. The van der Waals surface area contributed by atoms with E-state index in [0.717, 1.165) is 71.3 Å². The van der Waals surface area contributed by atoms with E-state index in [4.69, 9.17) is 4.74 Å². The first-order valence-electron chi connectivity index (χ1n) is 20.0. The fraction of sp³-hybridized carbons (Fsp3) is 1.00. The standard InChI is InChI=1S/C32H72N3O6.3CH4O4S/c1-5-6-7-8-9-10-11-12-13-14-29-41-31-32(40)30-35(4,24-28-39)20-16-18-33(2,21-25-36)17-15-19-34(3,22-26-37)23-27-38;3*1-5-6(2,3)4/h32,36-40H,5-31H2,1-4H3;3*1H3,(H,2,3,4)/q+3;;;/p-3. The molecular formula is C35H81N3O18S3. The fourth-order valence-electron chi connectivity index (χ4n) is 6.07. The van der Waals surface area contributed by atoms with Crippen molar-refractivity contribution in [3.05, 3.63) is 0 Å². The van der Waals surface area contributed by atoms with Gasteiger partial charge in [0.2, 0.25) is 31.2 Å². The van der Waals surface area contributed by atoms with E-state index in [1.54, 1.807) is 0 Å². The Morgan fingerprint density at radius 1 is 0.475 bits per heavy atom. The van der Waals surface area contributed by atoms with Crippen LogP contribution in [0.25, 0.3) is 0 Å². The molecule has 0 fully saturated rings. The molecule has 362 valence electrons. The molecule has 0 aromatic heterocycles. The molecule has 0 saturated heterocycles. The molecule has 0 aromatic carbocycles. The van der Waals surface area contributed by atoms with Gasteiger partial charge in [-0.05, 0) is 6.42 Å². The average Bonchev–Trinajstić information content (AvgIpc) is 3.12. The van der Waals surface area contributed by atoms with Gasteiger partial charge < -0.3 is 57.4 Å². The topological polar surface area (TPSA) is 310 Å². The minimum atomic E-state index is -4.41. The maximum Gasteiger partial charge on any atom is 0.217 e. The summed E-state index contributed by atoms with van der Waals surface area (Å²) in [6, 6.07) is 0.